The molecule has 1 fully saturated rings. The molecule has 0 bridgehead atoms. The Hall–Kier alpha value is -2.37. The average molecular weight is 258 g/mol. The van der Waals surface area contributed by atoms with Crippen molar-refractivity contribution in [2.24, 2.45) is 14.1 Å². The molecule has 2 aromatic rings. The molecule has 0 N–H and O–H groups in total. The molecule has 1 atom stereocenters. The number of cyclic esters (lactones) is 1. The Morgan fingerprint density at radius 3 is 2.74 bits per heavy atom. The van der Waals surface area contributed by atoms with E-state index in [0.717, 1.165) is 16.8 Å². The molecule has 1 saturated heterocycles. The molecule has 98 valence electrons. The smallest absolute Gasteiger partial charge is 0.334 e. The summed E-state index contributed by atoms with van der Waals surface area (Å²) < 4.78 is 8.80. The van der Waals surface area contributed by atoms with Gasteiger partial charge in [-0.05, 0) is 0 Å². The van der Waals surface area contributed by atoms with Crippen molar-refractivity contribution < 1.29 is 9.53 Å². The van der Waals surface area contributed by atoms with E-state index in [1.807, 2.05) is 20.3 Å². The van der Waals surface area contributed by atoms with Crippen molar-refractivity contribution in [3.8, 4) is 11.1 Å². The van der Waals surface area contributed by atoms with Gasteiger partial charge in [-0.25, -0.2) is 4.79 Å². The molecule has 3 heterocycles. The summed E-state index contributed by atoms with van der Waals surface area (Å²) in [6.07, 6.45) is 5.63. The Kier molecular flexibility index (Phi) is 2.51. The Bertz CT molecular complexity index is 652. The van der Waals surface area contributed by atoms with E-state index in [2.05, 4.69) is 16.8 Å². The fraction of sp³-hybridized carbons (Fsp3) is 0.308. The highest BCUT2D eigenvalue weighted by Crippen LogP contribution is 2.37. The number of carbonyl (C=O) groups excluding carboxylic acids is 1. The highest BCUT2D eigenvalue weighted by atomic mass is 16.5. The van der Waals surface area contributed by atoms with Gasteiger partial charge in [-0.2, -0.15) is 10.2 Å². The zero-order chi connectivity index (χ0) is 13.6. The van der Waals surface area contributed by atoms with E-state index in [1.54, 1.807) is 21.8 Å². The predicted molar refractivity (Wildman–Crippen MR) is 68.0 cm³/mol. The van der Waals surface area contributed by atoms with Crippen LogP contribution in [0.5, 0.6) is 0 Å². The van der Waals surface area contributed by atoms with Crippen LogP contribution in [0.1, 0.15) is 18.2 Å². The lowest BCUT2D eigenvalue weighted by atomic mass is 10.0. The highest BCUT2D eigenvalue weighted by Gasteiger charge is 2.33. The topological polar surface area (TPSA) is 61.9 Å². The van der Waals surface area contributed by atoms with Crippen LogP contribution in [0.15, 0.2) is 30.7 Å². The molecule has 19 heavy (non-hydrogen) atoms. The van der Waals surface area contributed by atoms with Gasteiger partial charge in [0, 0.05) is 43.4 Å². The minimum atomic E-state index is -0.330. The molecule has 0 aliphatic carbocycles. The van der Waals surface area contributed by atoms with Gasteiger partial charge in [0.25, 0.3) is 0 Å². The molecule has 0 radical (unpaired) electrons. The summed E-state index contributed by atoms with van der Waals surface area (Å²) in [5, 5.41) is 8.41. The molecule has 1 unspecified atom stereocenters. The second-order valence-corrected chi connectivity index (χ2v) is 4.67. The lowest BCUT2D eigenvalue weighted by Gasteiger charge is -2.11. The molecule has 1 aliphatic rings. The maximum atomic E-state index is 11.5. The summed E-state index contributed by atoms with van der Waals surface area (Å²) in [6, 6.07) is 0. The van der Waals surface area contributed by atoms with Crippen molar-refractivity contribution in [2.45, 2.75) is 12.5 Å². The minimum Gasteiger partial charge on any atom is -0.452 e. The number of rotatable bonds is 2. The summed E-state index contributed by atoms with van der Waals surface area (Å²) in [5.74, 6) is -0.330. The zero-order valence-corrected chi connectivity index (χ0v) is 10.8. The van der Waals surface area contributed by atoms with E-state index in [1.165, 1.54) is 0 Å². The second kappa shape index (κ2) is 4.08. The van der Waals surface area contributed by atoms with E-state index in [4.69, 9.17) is 4.74 Å². The molecule has 2 aromatic heterocycles. The number of aryl methyl sites for hydroxylation is 2. The number of hydrogen-bond donors (Lipinski definition) is 0. The lowest BCUT2D eigenvalue weighted by molar-refractivity contribution is -0.139. The second-order valence-electron chi connectivity index (χ2n) is 4.67. The van der Waals surface area contributed by atoms with Crippen LogP contribution in [-0.2, 0) is 23.6 Å². The molecular weight excluding hydrogens is 244 g/mol. The monoisotopic (exact) mass is 258 g/mol. The van der Waals surface area contributed by atoms with Crippen molar-refractivity contribution in [2.75, 3.05) is 0 Å². The van der Waals surface area contributed by atoms with Crippen molar-refractivity contribution in [1.29, 1.82) is 0 Å². The Morgan fingerprint density at radius 2 is 2.16 bits per heavy atom. The molecule has 6 heteroatoms. The summed E-state index contributed by atoms with van der Waals surface area (Å²) in [4.78, 5) is 11.5. The number of aromatic nitrogens is 4. The molecule has 0 amide bonds. The van der Waals surface area contributed by atoms with Gasteiger partial charge < -0.3 is 4.74 Å². The van der Waals surface area contributed by atoms with Crippen LogP contribution in [0.2, 0.25) is 0 Å². The van der Waals surface area contributed by atoms with E-state index in [-0.39, 0.29) is 12.1 Å². The van der Waals surface area contributed by atoms with Crippen LogP contribution in [0, 0.1) is 0 Å². The van der Waals surface area contributed by atoms with E-state index in [9.17, 15) is 4.79 Å². The van der Waals surface area contributed by atoms with Gasteiger partial charge >= 0.3 is 5.97 Å². The SMILES string of the molecule is C=C1CC(c2c(-c3cnn(C)c3)cnn2C)OC1=O. The standard InChI is InChI=1S/C13H14N4O2/c1-8-4-11(19-13(8)18)12-10(6-15-17(12)3)9-5-14-16(2)7-9/h5-7,11H,1,4H2,2-3H3. The fourth-order valence-corrected chi connectivity index (χ4v) is 2.33. The molecule has 0 spiro atoms. The van der Waals surface area contributed by atoms with Crippen molar-refractivity contribution >= 4 is 5.97 Å². The first-order valence-corrected chi connectivity index (χ1v) is 5.96. The van der Waals surface area contributed by atoms with Crippen LogP contribution in [-0.4, -0.2) is 25.5 Å². The predicted octanol–water partition coefficient (Wildman–Crippen LogP) is 1.36. The van der Waals surface area contributed by atoms with Gasteiger partial charge in [0.1, 0.15) is 6.10 Å². The van der Waals surface area contributed by atoms with Crippen LogP contribution < -0.4 is 0 Å². The molecule has 0 saturated carbocycles. The maximum absolute atomic E-state index is 11.5. The van der Waals surface area contributed by atoms with Gasteiger partial charge in [0.15, 0.2) is 0 Å². The Morgan fingerprint density at radius 1 is 1.37 bits per heavy atom. The Labute approximate surface area is 110 Å². The van der Waals surface area contributed by atoms with E-state index < -0.39 is 0 Å². The van der Waals surface area contributed by atoms with Crippen LogP contribution >= 0.6 is 0 Å². The van der Waals surface area contributed by atoms with Gasteiger partial charge in [-0.1, -0.05) is 6.58 Å². The highest BCUT2D eigenvalue weighted by molar-refractivity contribution is 5.90. The number of hydrogen-bond acceptors (Lipinski definition) is 4. The zero-order valence-electron chi connectivity index (χ0n) is 10.8. The van der Waals surface area contributed by atoms with Crippen molar-refractivity contribution in [3.63, 3.8) is 0 Å². The van der Waals surface area contributed by atoms with Crippen molar-refractivity contribution in [1.82, 2.24) is 19.6 Å². The first kappa shape index (κ1) is 11.7. The molecule has 0 aromatic carbocycles. The number of esters is 1. The largest absolute Gasteiger partial charge is 0.452 e. The van der Waals surface area contributed by atoms with Crippen LogP contribution in [0.25, 0.3) is 11.1 Å². The quantitative estimate of drug-likeness (QED) is 0.603. The van der Waals surface area contributed by atoms with Crippen LogP contribution in [0.3, 0.4) is 0 Å². The first-order chi connectivity index (χ1) is 9.06. The molecular formula is C13H14N4O2. The molecule has 6 nitrogen and oxygen atoms in total. The summed E-state index contributed by atoms with van der Waals surface area (Å²) in [6.45, 7) is 3.71. The van der Waals surface area contributed by atoms with E-state index in [0.29, 0.717) is 12.0 Å². The minimum absolute atomic E-state index is 0.317. The lowest BCUT2D eigenvalue weighted by Crippen LogP contribution is -2.06. The molecule has 3 rings (SSSR count). The van der Waals surface area contributed by atoms with Gasteiger partial charge in [-0.3, -0.25) is 9.36 Å². The van der Waals surface area contributed by atoms with Gasteiger partial charge in [-0.15, -0.1) is 0 Å². The normalized spacial score (nSPS) is 18.9. The fourth-order valence-electron chi connectivity index (χ4n) is 2.33. The number of ether oxygens (including phenoxy) is 1. The summed E-state index contributed by atoms with van der Waals surface area (Å²) >= 11 is 0. The first-order valence-electron chi connectivity index (χ1n) is 5.96. The van der Waals surface area contributed by atoms with E-state index >= 15 is 0 Å². The third-order valence-corrected chi connectivity index (χ3v) is 3.28. The van der Waals surface area contributed by atoms with Gasteiger partial charge in [0.05, 0.1) is 18.1 Å². The average Bonchev–Trinajstić information content (AvgIpc) is 3.01. The van der Waals surface area contributed by atoms with Gasteiger partial charge in [0.2, 0.25) is 0 Å². The molecule has 1 aliphatic heterocycles. The maximum Gasteiger partial charge on any atom is 0.334 e. The summed E-state index contributed by atoms with van der Waals surface area (Å²) in [5.41, 5.74) is 3.27. The Balaban J connectivity index is 2.04. The summed E-state index contributed by atoms with van der Waals surface area (Å²) in [7, 11) is 3.70. The van der Waals surface area contributed by atoms with Crippen LogP contribution in [0.4, 0.5) is 0 Å². The number of nitrogens with zero attached hydrogens (tertiary/aromatic N) is 4. The van der Waals surface area contributed by atoms with Crippen molar-refractivity contribution in [3.05, 3.63) is 36.4 Å². The third-order valence-electron chi connectivity index (χ3n) is 3.28. The number of carbonyl (C=O) groups is 1. The third kappa shape index (κ3) is 1.85.